The molecule has 0 unspecified atom stereocenters. The number of benzene rings is 2. The molecule has 0 radical (unpaired) electrons. The van der Waals surface area contributed by atoms with Crippen LogP contribution in [-0.4, -0.2) is 30.4 Å². The Morgan fingerprint density at radius 3 is 2.32 bits per heavy atom. The van der Waals surface area contributed by atoms with E-state index in [2.05, 4.69) is 9.97 Å². The third kappa shape index (κ3) is 8.14. The molecule has 6 nitrogen and oxygen atoms in total. The summed E-state index contributed by atoms with van der Waals surface area (Å²) in [5.41, 5.74) is 1.10. The van der Waals surface area contributed by atoms with Crippen LogP contribution in [0.1, 0.15) is 67.7 Å². The maximum absolute atomic E-state index is 13.6. The van der Waals surface area contributed by atoms with Gasteiger partial charge in [-0.3, -0.25) is 4.79 Å². The summed E-state index contributed by atoms with van der Waals surface area (Å²) in [6, 6.07) is 8.18. The predicted molar refractivity (Wildman–Crippen MR) is 137 cm³/mol. The number of halogens is 4. The second-order valence-electron chi connectivity index (χ2n) is 8.79. The summed E-state index contributed by atoms with van der Waals surface area (Å²) in [6.45, 7) is 7.75. The minimum absolute atomic E-state index is 0.0566. The van der Waals surface area contributed by atoms with Crippen LogP contribution in [0.3, 0.4) is 0 Å². The molecule has 2 aromatic carbocycles. The van der Waals surface area contributed by atoms with Crippen molar-refractivity contribution < 1.29 is 35.5 Å². The van der Waals surface area contributed by atoms with Gasteiger partial charge >= 0.3 is 6.18 Å². The Hall–Kier alpha value is -3.21. The number of aryl methyl sites for hydroxylation is 1. The van der Waals surface area contributed by atoms with Gasteiger partial charge in [-0.2, -0.15) is 13.2 Å². The number of imidazole rings is 1. The number of aromatic amines is 1. The highest BCUT2D eigenvalue weighted by atomic mass is 32.2. The highest BCUT2D eigenvalue weighted by molar-refractivity contribution is 7.90. The fraction of sp³-hybridized carbons (Fsp3) is 0.407. The lowest BCUT2D eigenvalue weighted by atomic mass is 10.00. The van der Waals surface area contributed by atoms with Crippen LogP contribution in [0, 0.1) is 11.7 Å². The summed E-state index contributed by atoms with van der Waals surface area (Å²) in [5.74, 6) is -0.956. The Bertz CT molecular complexity index is 1350. The molecule has 0 aliphatic heterocycles. The predicted octanol–water partition coefficient (Wildman–Crippen LogP) is 7.19. The highest BCUT2D eigenvalue weighted by Crippen LogP contribution is 2.35. The zero-order chi connectivity index (χ0) is 28.7. The summed E-state index contributed by atoms with van der Waals surface area (Å²) in [7, 11) is -3.37. The maximum Gasteiger partial charge on any atom is 0.419 e. The molecular weight excluding hydrogens is 524 g/mol. The SMILES string of the molecule is CCCc1c(CC)cccc1Oc1ccc(C(F)(F)F)c(F)c1.CC[C@@H](C)C(=O)c1cnc(S(C)(=O)=O)[nH]1. The van der Waals surface area contributed by atoms with Crippen molar-refractivity contribution in [2.45, 2.75) is 64.7 Å². The number of hydrogen-bond donors (Lipinski definition) is 1. The van der Waals surface area contributed by atoms with Gasteiger partial charge in [-0.25, -0.2) is 17.8 Å². The molecule has 0 saturated heterocycles. The van der Waals surface area contributed by atoms with E-state index >= 15 is 0 Å². The van der Waals surface area contributed by atoms with Gasteiger partial charge in [0.25, 0.3) is 0 Å². The van der Waals surface area contributed by atoms with E-state index < -0.39 is 27.4 Å². The summed E-state index contributed by atoms with van der Waals surface area (Å²) < 4.78 is 79.3. The Labute approximate surface area is 220 Å². The van der Waals surface area contributed by atoms with E-state index in [1.165, 1.54) is 6.20 Å². The molecule has 0 aliphatic carbocycles. The molecule has 3 aromatic rings. The number of sulfone groups is 1. The average molecular weight is 557 g/mol. The minimum Gasteiger partial charge on any atom is -0.457 e. The van der Waals surface area contributed by atoms with E-state index in [4.69, 9.17) is 4.74 Å². The third-order valence-corrected chi connectivity index (χ3v) is 6.72. The highest BCUT2D eigenvalue weighted by Gasteiger charge is 2.34. The molecule has 1 aromatic heterocycles. The first-order chi connectivity index (χ1) is 17.7. The fourth-order valence-electron chi connectivity index (χ4n) is 3.56. The van der Waals surface area contributed by atoms with Crippen molar-refractivity contribution in [3.05, 3.63) is 70.8 Å². The van der Waals surface area contributed by atoms with Crippen LogP contribution in [0.5, 0.6) is 11.5 Å². The largest absolute Gasteiger partial charge is 0.457 e. The number of nitrogens with zero attached hydrogens (tertiary/aromatic N) is 1. The van der Waals surface area contributed by atoms with Crippen LogP contribution in [0.15, 0.2) is 47.8 Å². The summed E-state index contributed by atoms with van der Waals surface area (Å²) in [5, 5.41) is -0.158. The Morgan fingerprint density at radius 2 is 1.82 bits per heavy atom. The number of ether oxygens (including phenoxy) is 1. The topological polar surface area (TPSA) is 89.1 Å². The monoisotopic (exact) mass is 556 g/mol. The zero-order valence-electron chi connectivity index (χ0n) is 21.9. The van der Waals surface area contributed by atoms with Crippen molar-refractivity contribution in [1.29, 1.82) is 0 Å². The molecule has 38 heavy (non-hydrogen) atoms. The molecule has 0 amide bonds. The number of nitrogens with one attached hydrogen (secondary N) is 1. The van der Waals surface area contributed by atoms with Crippen molar-refractivity contribution in [3.63, 3.8) is 0 Å². The van der Waals surface area contributed by atoms with Crippen molar-refractivity contribution in [2.75, 3.05) is 6.26 Å². The molecule has 1 atom stereocenters. The number of rotatable bonds is 9. The van der Waals surface area contributed by atoms with Gasteiger partial charge in [0.1, 0.15) is 23.0 Å². The molecular formula is C27H32F4N2O4S. The molecule has 0 saturated carbocycles. The maximum atomic E-state index is 13.6. The van der Waals surface area contributed by atoms with Gasteiger partial charge in [-0.1, -0.05) is 46.2 Å². The van der Waals surface area contributed by atoms with Gasteiger partial charge in [0.15, 0.2) is 5.78 Å². The second-order valence-corrected chi connectivity index (χ2v) is 10.7. The van der Waals surface area contributed by atoms with Crippen LogP contribution in [0.2, 0.25) is 0 Å². The lowest BCUT2D eigenvalue weighted by Crippen LogP contribution is -2.11. The van der Waals surface area contributed by atoms with Crippen molar-refractivity contribution in [1.82, 2.24) is 9.97 Å². The van der Waals surface area contributed by atoms with Crippen LogP contribution in [0.25, 0.3) is 0 Å². The Morgan fingerprint density at radius 1 is 1.13 bits per heavy atom. The van der Waals surface area contributed by atoms with Crippen LogP contribution >= 0.6 is 0 Å². The quantitative estimate of drug-likeness (QED) is 0.223. The number of Topliss-reactive ketones (excluding diaryl/α,β-unsaturated/α-hetero) is 1. The van der Waals surface area contributed by atoms with E-state index in [0.29, 0.717) is 18.2 Å². The molecule has 0 fully saturated rings. The molecule has 3 rings (SSSR count). The number of carbonyl (C=O) groups excluding carboxylic acids is 1. The van der Waals surface area contributed by atoms with Gasteiger partial charge in [0, 0.05) is 18.2 Å². The number of carbonyl (C=O) groups is 1. The van der Waals surface area contributed by atoms with Gasteiger partial charge in [-0.15, -0.1) is 0 Å². The smallest absolute Gasteiger partial charge is 0.419 e. The molecule has 0 aliphatic rings. The molecule has 0 spiro atoms. The van der Waals surface area contributed by atoms with Gasteiger partial charge < -0.3 is 9.72 Å². The van der Waals surface area contributed by atoms with Crippen LogP contribution in [-0.2, 0) is 28.9 Å². The van der Waals surface area contributed by atoms with Gasteiger partial charge in [-0.05, 0) is 48.6 Å². The average Bonchev–Trinajstić information content (AvgIpc) is 3.35. The van der Waals surface area contributed by atoms with E-state index in [9.17, 15) is 30.8 Å². The molecule has 208 valence electrons. The number of H-pyrrole nitrogens is 1. The van der Waals surface area contributed by atoms with Gasteiger partial charge in [0.05, 0.1) is 11.8 Å². The normalized spacial score (nSPS) is 12.4. The van der Waals surface area contributed by atoms with E-state index in [1.807, 2.05) is 32.9 Å². The Balaban J connectivity index is 0.000000293. The summed E-state index contributed by atoms with van der Waals surface area (Å²) in [4.78, 5) is 17.8. The first kappa shape index (κ1) is 31.0. The number of ketones is 1. The van der Waals surface area contributed by atoms with Crippen molar-refractivity contribution >= 4 is 15.6 Å². The summed E-state index contributed by atoms with van der Waals surface area (Å²) in [6.07, 6.45) is 0.851. The standard InChI is InChI=1S/C18H18F4O.C9H14N2O3S/c1-3-6-14-12(4-2)7-5-8-17(14)23-13-9-10-15(16(19)11-13)18(20,21)22;1-4-6(2)8(12)7-5-10-9(11-7)15(3,13)14/h5,7-11H,3-4,6H2,1-2H3;5-6H,4H2,1-3H3,(H,10,11)/t;6-/m.1/s1. The number of hydrogen-bond acceptors (Lipinski definition) is 5. The number of alkyl halides is 3. The molecule has 11 heteroatoms. The molecule has 1 N–H and O–H groups in total. The van der Waals surface area contributed by atoms with E-state index in [1.54, 1.807) is 13.0 Å². The fourth-order valence-corrected chi connectivity index (χ4v) is 4.09. The Kier molecular flexibility index (Phi) is 10.6. The molecule has 1 heterocycles. The first-order valence-electron chi connectivity index (χ1n) is 12.2. The van der Waals surface area contributed by atoms with Crippen molar-refractivity contribution in [2.24, 2.45) is 5.92 Å². The zero-order valence-corrected chi connectivity index (χ0v) is 22.8. The van der Waals surface area contributed by atoms with Crippen LogP contribution < -0.4 is 4.74 Å². The van der Waals surface area contributed by atoms with E-state index in [-0.39, 0.29) is 28.3 Å². The van der Waals surface area contributed by atoms with Crippen molar-refractivity contribution in [3.8, 4) is 11.5 Å². The van der Waals surface area contributed by atoms with Gasteiger partial charge in [0.2, 0.25) is 15.0 Å². The third-order valence-electron chi connectivity index (χ3n) is 5.81. The van der Waals surface area contributed by atoms with E-state index in [0.717, 1.165) is 48.8 Å². The second kappa shape index (κ2) is 13.0. The van der Waals surface area contributed by atoms with Crippen LogP contribution in [0.4, 0.5) is 17.6 Å². The minimum atomic E-state index is -4.71. The molecule has 0 bridgehead atoms. The lowest BCUT2D eigenvalue weighted by molar-refractivity contribution is -0.140. The number of aromatic nitrogens is 2. The summed E-state index contributed by atoms with van der Waals surface area (Å²) >= 11 is 0. The first-order valence-corrected chi connectivity index (χ1v) is 14.1. The lowest BCUT2D eigenvalue weighted by Gasteiger charge is -2.15.